The maximum absolute atomic E-state index is 13.4. The number of aryl methyl sites for hydroxylation is 1. The molecule has 0 atom stereocenters. The number of carbonyl (C=O) groups excluding carboxylic acids is 1. The third kappa shape index (κ3) is 2.83. The van der Waals surface area contributed by atoms with E-state index >= 15 is 0 Å². The van der Waals surface area contributed by atoms with Gasteiger partial charge in [-0.1, -0.05) is 0 Å². The van der Waals surface area contributed by atoms with Crippen molar-refractivity contribution < 1.29 is 9.18 Å². The molecule has 2 heterocycles. The number of amides is 1. The summed E-state index contributed by atoms with van der Waals surface area (Å²) in [5, 5.41) is 3.89. The Balaban J connectivity index is 1.63. The number of nitrogens with one attached hydrogen (secondary N) is 2. The van der Waals surface area contributed by atoms with E-state index in [2.05, 4.69) is 15.3 Å². The summed E-state index contributed by atoms with van der Waals surface area (Å²) >= 11 is 0. The van der Waals surface area contributed by atoms with Crippen LogP contribution in [0.5, 0.6) is 0 Å². The van der Waals surface area contributed by atoms with Crippen molar-refractivity contribution in [1.29, 1.82) is 0 Å². The normalized spacial score (nSPS) is 11.2. The van der Waals surface area contributed by atoms with Crippen LogP contribution in [0.25, 0.3) is 21.8 Å². The number of hydrogen-bond acceptors (Lipinski definition) is 3. The van der Waals surface area contributed by atoms with Gasteiger partial charge in [-0.05, 0) is 49.4 Å². The molecular weight excluding hydrogens is 335 g/mol. The van der Waals surface area contributed by atoms with Crippen LogP contribution in [0.1, 0.15) is 5.82 Å². The van der Waals surface area contributed by atoms with Gasteiger partial charge < -0.3 is 10.3 Å². The van der Waals surface area contributed by atoms with E-state index in [1.807, 2.05) is 24.4 Å². The molecule has 6 nitrogen and oxygen atoms in total. The molecular formula is C19H15FN4O2. The van der Waals surface area contributed by atoms with Crippen molar-refractivity contribution in [2.45, 2.75) is 13.5 Å². The van der Waals surface area contributed by atoms with Crippen LogP contribution >= 0.6 is 0 Å². The largest absolute Gasteiger partial charge is 0.361 e. The summed E-state index contributed by atoms with van der Waals surface area (Å²) in [4.78, 5) is 32.3. The Labute approximate surface area is 147 Å². The Kier molecular flexibility index (Phi) is 3.76. The van der Waals surface area contributed by atoms with Crippen molar-refractivity contribution in [2.24, 2.45) is 0 Å². The molecule has 0 saturated heterocycles. The summed E-state index contributed by atoms with van der Waals surface area (Å²) in [6, 6.07) is 11.2. The summed E-state index contributed by atoms with van der Waals surface area (Å²) < 4.78 is 14.7. The van der Waals surface area contributed by atoms with Gasteiger partial charge in [-0.3, -0.25) is 14.2 Å². The van der Waals surface area contributed by atoms with E-state index in [0.717, 1.165) is 17.0 Å². The fraction of sp³-hybridized carbons (Fsp3) is 0.105. The van der Waals surface area contributed by atoms with Crippen LogP contribution < -0.4 is 10.9 Å². The van der Waals surface area contributed by atoms with Gasteiger partial charge in [0.15, 0.2) is 0 Å². The van der Waals surface area contributed by atoms with Crippen LogP contribution in [0.3, 0.4) is 0 Å². The van der Waals surface area contributed by atoms with Gasteiger partial charge in [-0.2, -0.15) is 0 Å². The third-order valence-corrected chi connectivity index (χ3v) is 4.25. The lowest BCUT2D eigenvalue weighted by Gasteiger charge is -2.11. The lowest BCUT2D eigenvalue weighted by atomic mass is 10.2. The molecule has 0 bridgehead atoms. The molecule has 4 rings (SSSR count). The molecule has 0 aliphatic carbocycles. The molecule has 2 aromatic heterocycles. The SMILES string of the molecule is Cc1nc2ccc(F)cc2c(=O)n1CC(=O)Nc1ccc2[nH]ccc2c1. The highest BCUT2D eigenvalue weighted by Crippen LogP contribution is 2.18. The van der Waals surface area contributed by atoms with Gasteiger partial charge in [-0.25, -0.2) is 9.37 Å². The summed E-state index contributed by atoms with van der Waals surface area (Å²) in [5.74, 6) is -0.482. The molecule has 4 aromatic rings. The average Bonchev–Trinajstić information content (AvgIpc) is 3.07. The van der Waals surface area contributed by atoms with Crippen molar-refractivity contribution >= 4 is 33.4 Å². The zero-order valence-corrected chi connectivity index (χ0v) is 13.9. The maximum atomic E-state index is 13.4. The number of anilines is 1. The Morgan fingerprint density at radius 3 is 2.92 bits per heavy atom. The first kappa shape index (κ1) is 16.0. The molecule has 1 amide bonds. The minimum atomic E-state index is -0.518. The van der Waals surface area contributed by atoms with E-state index in [-0.39, 0.29) is 17.8 Å². The van der Waals surface area contributed by atoms with Crippen LogP contribution in [0.2, 0.25) is 0 Å². The van der Waals surface area contributed by atoms with Crippen molar-refractivity contribution in [2.75, 3.05) is 5.32 Å². The topological polar surface area (TPSA) is 79.8 Å². The van der Waals surface area contributed by atoms with E-state index in [1.165, 1.54) is 16.7 Å². The van der Waals surface area contributed by atoms with Gasteiger partial charge >= 0.3 is 0 Å². The Hall–Kier alpha value is -3.48. The standard InChI is InChI=1S/C19H15FN4O2/c1-11-22-17-4-2-13(20)9-15(17)19(26)24(11)10-18(25)23-14-3-5-16-12(8-14)6-7-21-16/h2-9,21H,10H2,1H3,(H,23,25). The number of halogens is 1. The zero-order chi connectivity index (χ0) is 18.3. The molecule has 2 N–H and O–H groups in total. The van der Waals surface area contributed by atoms with Gasteiger partial charge in [0.2, 0.25) is 5.91 Å². The summed E-state index contributed by atoms with van der Waals surface area (Å²) in [7, 11) is 0. The van der Waals surface area contributed by atoms with E-state index in [9.17, 15) is 14.0 Å². The Bertz CT molecular complexity index is 1210. The number of H-pyrrole nitrogens is 1. The number of benzene rings is 2. The van der Waals surface area contributed by atoms with Crippen LogP contribution in [0.15, 0.2) is 53.5 Å². The first-order valence-electron chi connectivity index (χ1n) is 8.05. The molecule has 0 fully saturated rings. The summed E-state index contributed by atoms with van der Waals surface area (Å²) in [5.41, 5.74) is 1.56. The Morgan fingerprint density at radius 1 is 1.23 bits per heavy atom. The lowest BCUT2D eigenvalue weighted by molar-refractivity contribution is -0.116. The number of carbonyl (C=O) groups is 1. The van der Waals surface area contributed by atoms with E-state index in [1.54, 1.807) is 13.0 Å². The van der Waals surface area contributed by atoms with E-state index in [0.29, 0.717) is 17.0 Å². The zero-order valence-electron chi connectivity index (χ0n) is 13.9. The van der Waals surface area contributed by atoms with Crippen LogP contribution in [-0.2, 0) is 11.3 Å². The highest BCUT2D eigenvalue weighted by atomic mass is 19.1. The summed E-state index contributed by atoms with van der Waals surface area (Å²) in [6.07, 6.45) is 1.82. The minimum Gasteiger partial charge on any atom is -0.361 e. The first-order valence-corrected chi connectivity index (χ1v) is 8.05. The quantitative estimate of drug-likeness (QED) is 0.596. The first-order chi connectivity index (χ1) is 12.5. The van der Waals surface area contributed by atoms with Gasteiger partial charge in [-0.15, -0.1) is 0 Å². The molecule has 0 radical (unpaired) electrons. The lowest BCUT2D eigenvalue weighted by Crippen LogP contribution is -2.30. The molecule has 26 heavy (non-hydrogen) atoms. The molecule has 0 aliphatic rings. The van der Waals surface area contributed by atoms with Crippen LogP contribution in [0, 0.1) is 12.7 Å². The highest BCUT2D eigenvalue weighted by molar-refractivity contribution is 5.93. The molecule has 0 spiro atoms. The predicted octanol–water partition coefficient (Wildman–Crippen LogP) is 2.96. The number of rotatable bonds is 3. The number of aromatic nitrogens is 3. The Morgan fingerprint density at radius 2 is 2.08 bits per heavy atom. The fourth-order valence-corrected chi connectivity index (χ4v) is 2.97. The molecule has 130 valence electrons. The van der Waals surface area contributed by atoms with Crippen LogP contribution in [0.4, 0.5) is 10.1 Å². The molecule has 0 aliphatic heterocycles. The summed E-state index contributed by atoms with van der Waals surface area (Å²) in [6.45, 7) is 1.44. The van der Waals surface area contributed by atoms with Crippen LogP contribution in [-0.4, -0.2) is 20.4 Å². The van der Waals surface area contributed by atoms with Crippen molar-refractivity contribution in [3.05, 3.63) is 70.7 Å². The minimum absolute atomic E-state index is 0.150. The van der Waals surface area contributed by atoms with E-state index < -0.39 is 11.4 Å². The number of nitrogens with zero attached hydrogens (tertiary/aromatic N) is 2. The number of fused-ring (bicyclic) bond motifs is 2. The number of hydrogen-bond donors (Lipinski definition) is 2. The second-order valence-corrected chi connectivity index (χ2v) is 6.04. The molecule has 0 unspecified atom stereocenters. The van der Waals surface area contributed by atoms with Gasteiger partial charge in [0, 0.05) is 22.8 Å². The monoisotopic (exact) mass is 350 g/mol. The highest BCUT2D eigenvalue weighted by Gasteiger charge is 2.12. The van der Waals surface area contributed by atoms with E-state index in [4.69, 9.17) is 0 Å². The second kappa shape index (κ2) is 6.11. The molecule has 0 saturated carbocycles. The fourth-order valence-electron chi connectivity index (χ4n) is 2.97. The smallest absolute Gasteiger partial charge is 0.261 e. The van der Waals surface area contributed by atoms with Crippen molar-refractivity contribution in [1.82, 2.24) is 14.5 Å². The molecule has 2 aromatic carbocycles. The van der Waals surface area contributed by atoms with Gasteiger partial charge in [0.1, 0.15) is 18.2 Å². The second-order valence-electron chi connectivity index (χ2n) is 6.04. The predicted molar refractivity (Wildman–Crippen MR) is 97.6 cm³/mol. The third-order valence-electron chi connectivity index (χ3n) is 4.25. The average molecular weight is 350 g/mol. The van der Waals surface area contributed by atoms with Crippen molar-refractivity contribution in [3.63, 3.8) is 0 Å². The maximum Gasteiger partial charge on any atom is 0.261 e. The van der Waals surface area contributed by atoms with Crippen molar-refractivity contribution in [3.8, 4) is 0 Å². The number of aromatic amines is 1. The molecule has 7 heteroatoms. The van der Waals surface area contributed by atoms with Gasteiger partial charge in [0.25, 0.3) is 5.56 Å². The van der Waals surface area contributed by atoms with Gasteiger partial charge in [0.05, 0.1) is 10.9 Å².